The standard InChI is InChI=1S/C24H25N3O5/c1-31-19-5-3-2-4-18(19)15-26-24(30)17-8-6-16(7-9-17)14-25-20-21(23(29)22(20)28)27-10-12-32-13-11-27/h2-9,25H,10-15H2,1H3,(H,26,30). The molecule has 3 aromatic rings. The van der Waals surface area contributed by atoms with Crippen molar-refractivity contribution in [1.29, 1.82) is 0 Å². The van der Waals surface area contributed by atoms with E-state index in [9.17, 15) is 14.4 Å². The van der Waals surface area contributed by atoms with E-state index in [1.165, 1.54) is 0 Å². The molecule has 4 rings (SSSR count). The van der Waals surface area contributed by atoms with Gasteiger partial charge < -0.3 is 25.0 Å². The summed E-state index contributed by atoms with van der Waals surface area (Å²) in [6.07, 6.45) is 0. The number of carbonyl (C=O) groups is 1. The van der Waals surface area contributed by atoms with Crippen LogP contribution in [0.4, 0.5) is 11.4 Å². The third-order valence-electron chi connectivity index (χ3n) is 5.53. The minimum atomic E-state index is -0.487. The fourth-order valence-electron chi connectivity index (χ4n) is 3.72. The molecule has 8 heteroatoms. The van der Waals surface area contributed by atoms with Gasteiger partial charge >= 0.3 is 0 Å². The van der Waals surface area contributed by atoms with E-state index < -0.39 is 10.9 Å². The van der Waals surface area contributed by atoms with Gasteiger partial charge in [-0.2, -0.15) is 0 Å². The fourth-order valence-corrected chi connectivity index (χ4v) is 3.72. The number of anilines is 2. The van der Waals surface area contributed by atoms with Gasteiger partial charge in [-0.25, -0.2) is 0 Å². The van der Waals surface area contributed by atoms with Crippen LogP contribution in [0.2, 0.25) is 0 Å². The molecule has 0 aromatic heterocycles. The second-order valence-electron chi connectivity index (χ2n) is 7.53. The van der Waals surface area contributed by atoms with Gasteiger partial charge in [0.1, 0.15) is 17.1 Å². The second-order valence-corrected chi connectivity index (χ2v) is 7.53. The first kappa shape index (κ1) is 21.6. The molecule has 0 aliphatic carbocycles. The molecule has 1 amide bonds. The van der Waals surface area contributed by atoms with Crippen LogP contribution in [0.3, 0.4) is 0 Å². The monoisotopic (exact) mass is 435 g/mol. The largest absolute Gasteiger partial charge is 0.496 e. The minimum absolute atomic E-state index is 0.188. The highest BCUT2D eigenvalue weighted by Crippen LogP contribution is 2.22. The normalized spacial score (nSPS) is 13.7. The van der Waals surface area contributed by atoms with Crippen molar-refractivity contribution in [3.05, 3.63) is 85.7 Å². The number of hydrogen-bond donors (Lipinski definition) is 2. The van der Waals surface area contributed by atoms with E-state index in [-0.39, 0.29) is 5.91 Å². The number of carbonyl (C=O) groups excluding carboxylic acids is 1. The number of nitrogens with one attached hydrogen (secondary N) is 2. The predicted octanol–water partition coefficient (Wildman–Crippen LogP) is 1.67. The molecule has 0 bridgehead atoms. The zero-order chi connectivity index (χ0) is 22.5. The summed E-state index contributed by atoms with van der Waals surface area (Å²) in [5.41, 5.74) is 2.20. The fraction of sp³-hybridized carbons (Fsp3) is 0.292. The Labute approximate surface area is 185 Å². The summed E-state index contributed by atoms with van der Waals surface area (Å²) in [7, 11) is 1.60. The third-order valence-corrected chi connectivity index (χ3v) is 5.53. The summed E-state index contributed by atoms with van der Waals surface area (Å²) in [6.45, 7) is 3.01. The molecule has 0 radical (unpaired) electrons. The van der Waals surface area contributed by atoms with Gasteiger partial charge in [-0.05, 0) is 23.8 Å². The third kappa shape index (κ3) is 4.50. The molecule has 1 fully saturated rings. The number of rotatable bonds is 8. The Balaban J connectivity index is 1.34. The molecule has 0 unspecified atom stereocenters. The van der Waals surface area contributed by atoms with Crippen LogP contribution in [0, 0.1) is 0 Å². The Morgan fingerprint density at radius 1 is 1.00 bits per heavy atom. The minimum Gasteiger partial charge on any atom is -0.496 e. The number of methoxy groups -OCH3 is 1. The number of ether oxygens (including phenoxy) is 2. The Morgan fingerprint density at radius 3 is 2.44 bits per heavy atom. The van der Waals surface area contributed by atoms with Gasteiger partial charge in [0.05, 0.1) is 20.3 Å². The summed E-state index contributed by atoms with van der Waals surface area (Å²) < 4.78 is 10.6. The van der Waals surface area contributed by atoms with Crippen LogP contribution in [0.15, 0.2) is 58.1 Å². The van der Waals surface area contributed by atoms with E-state index in [1.54, 1.807) is 19.2 Å². The van der Waals surface area contributed by atoms with Gasteiger partial charge in [-0.1, -0.05) is 30.3 Å². The number of para-hydroxylation sites is 1. The van der Waals surface area contributed by atoms with E-state index in [2.05, 4.69) is 10.6 Å². The maximum absolute atomic E-state index is 12.5. The summed E-state index contributed by atoms with van der Waals surface area (Å²) >= 11 is 0. The van der Waals surface area contributed by atoms with Gasteiger partial charge in [-0.15, -0.1) is 0 Å². The number of hydrogen-bond acceptors (Lipinski definition) is 7. The van der Waals surface area contributed by atoms with Crippen molar-refractivity contribution in [2.45, 2.75) is 13.1 Å². The highest BCUT2D eigenvalue weighted by Gasteiger charge is 2.26. The Bertz CT molecular complexity index is 1160. The van der Waals surface area contributed by atoms with Gasteiger partial charge in [0, 0.05) is 37.3 Å². The number of amides is 1. The zero-order valence-corrected chi connectivity index (χ0v) is 17.8. The van der Waals surface area contributed by atoms with Gasteiger partial charge in [0.15, 0.2) is 0 Å². The smallest absolute Gasteiger partial charge is 0.253 e. The number of morpholine rings is 1. The van der Waals surface area contributed by atoms with Gasteiger partial charge in [0.25, 0.3) is 16.8 Å². The van der Waals surface area contributed by atoms with Crippen LogP contribution in [0.25, 0.3) is 0 Å². The van der Waals surface area contributed by atoms with E-state index in [4.69, 9.17) is 9.47 Å². The summed E-state index contributed by atoms with van der Waals surface area (Å²) in [5, 5.41) is 5.97. The van der Waals surface area contributed by atoms with E-state index in [0.717, 1.165) is 16.9 Å². The summed E-state index contributed by atoms with van der Waals surface area (Å²) in [4.78, 5) is 38.4. The topological polar surface area (TPSA) is 97.0 Å². The summed E-state index contributed by atoms with van der Waals surface area (Å²) in [5.74, 6) is 0.538. The van der Waals surface area contributed by atoms with Crippen molar-refractivity contribution in [2.75, 3.05) is 43.6 Å². The first-order valence-electron chi connectivity index (χ1n) is 10.5. The molecule has 32 heavy (non-hydrogen) atoms. The SMILES string of the molecule is COc1ccccc1CNC(=O)c1ccc(CNc2c(N3CCOCC3)c(=O)c2=O)cc1. The van der Waals surface area contributed by atoms with Crippen LogP contribution < -0.4 is 31.1 Å². The number of nitrogens with zero attached hydrogens (tertiary/aromatic N) is 1. The predicted molar refractivity (Wildman–Crippen MR) is 122 cm³/mol. The van der Waals surface area contributed by atoms with E-state index in [1.807, 2.05) is 41.3 Å². The molecule has 1 heterocycles. The van der Waals surface area contributed by atoms with Gasteiger partial charge in [0.2, 0.25) is 0 Å². The van der Waals surface area contributed by atoms with Crippen LogP contribution in [0.5, 0.6) is 5.75 Å². The molecule has 0 atom stereocenters. The van der Waals surface area contributed by atoms with Crippen molar-refractivity contribution in [3.63, 3.8) is 0 Å². The van der Waals surface area contributed by atoms with Crippen molar-refractivity contribution in [2.24, 2.45) is 0 Å². The Hall–Kier alpha value is -3.65. The highest BCUT2D eigenvalue weighted by molar-refractivity contribution is 5.94. The maximum Gasteiger partial charge on any atom is 0.253 e. The molecule has 0 saturated carbocycles. The Morgan fingerprint density at radius 2 is 1.72 bits per heavy atom. The van der Waals surface area contributed by atoms with Crippen molar-refractivity contribution >= 4 is 17.3 Å². The van der Waals surface area contributed by atoms with E-state index >= 15 is 0 Å². The molecule has 1 aliphatic rings. The van der Waals surface area contributed by atoms with Crippen molar-refractivity contribution < 1.29 is 14.3 Å². The summed E-state index contributed by atoms with van der Waals surface area (Å²) in [6, 6.07) is 14.6. The molecule has 0 spiro atoms. The van der Waals surface area contributed by atoms with Crippen molar-refractivity contribution in [3.8, 4) is 5.75 Å². The van der Waals surface area contributed by atoms with Crippen LogP contribution in [0.1, 0.15) is 21.5 Å². The Kier molecular flexibility index (Phi) is 6.51. The van der Waals surface area contributed by atoms with Crippen LogP contribution in [-0.4, -0.2) is 39.3 Å². The first-order chi connectivity index (χ1) is 15.6. The highest BCUT2D eigenvalue weighted by atomic mass is 16.5. The average Bonchev–Trinajstić information content (AvgIpc) is 2.85. The number of benzene rings is 2. The van der Waals surface area contributed by atoms with E-state index in [0.29, 0.717) is 56.3 Å². The molecule has 3 aromatic carbocycles. The lowest BCUT2D eigenvalue weighted by Gasteiger charge is -2.30. The van der Waals surface area contributed by atoms with Crippen LogP contribution >= 0.6 is 0 Å². The van der Waals surface area contributed by atoms with Crippen molar-refractivity contribution in [1.82, 2.24) is 5.32 Å². The average molecular weight is 435 g/mol. The molecular weight excluding hydrogens is 410 g/mol. The lowest BCUT2D eigenvalue weighted by molar-refractivity contribution is 0.0950. The van der Waals surface area contributed by atoms with Crippen LogP contribution in [-0.2, 0) is 17.8 Å². The zero-order valence-electron chi connectivity index (χ0n) is 17.8. The van der Waals surface area contributed by atoms with Gasteiger partial charge in [-0.3, -0.25) is 14.4 Å². The molecule has 1 saturated heterocycles. The molecule has 8 nitrogen and oxygen atoms in total. The maximum atomic E-state index is 12.5. The molecule has 166 valence electrons. The first-order valence-corrected chi connectivity index (χ1v) is 10.5. The second kappa shape index (κ2) is 9.65. The molecule has 2 N–H and O–H groups in total. The molecule has 1 aliphatic heterocycles. The molecular formula is C24H25N3O5. The lowest BCUT2D eigenvalue weighted by Crippen LogP contribution is -2.46. The quantitative estimate of drug-likeness (QED) is 0.520. The lowest BCUT2D eigenvalue weighted by atomic mass is 10.1.